The molecule has 0 aliphatic heterocycles. The van der Waals surface area contributed by atoms with Gasteiger partial charge in [0.1, 0.15) is 0 Å². The Balaban J connectivity index is 2.16. The summed E-state index contributed by atoms with van der Waals surface area (Å²) < 4.78 is 0. The highest BCUT2D eigenvalue weighted by Gasteiger charge is 2.31. The van der Waals surface area contributed by atoms with E-state index in [1.807, 2.05) is 0 Å². The van der Waals surface area contributed by atoms with E-state index in [0.717, 1.165) is 30.0 Å². The van der Waals surface area contributed by atoms with Crippen molar-refractivity contribution in [3.05, 3.63) is 29.6 Å². The number of hydrogen-bond donors (Lipinski definition) is 1. The first-order chi connectivity index (χ1) is 9.11. The summed E-state index contributed by atoms with van der Waals surface area (Å²) in [5.41, 5.74) is 2.35. The molecular weight excluding hydrogens is 232 g/mol. The van der Waals surface area contributed by atoms with Crippen molar-refractivity contribution in [2.45, 2.75) is 53.0 Å². The van der Waals surface area contributed by atoms with E-state index in [4.69, 9.17) is 4.98 Å². The molecule has 4 unspecified atom stereocenters. The van der Waals surface area contributed by atoms with E-state index in [1.54, 1.807) is 0 Å². The molecule has 0 spiro atoms. The third kappa shape index (κ3) is 3.56. The van der Waals surface area contributed by atoms with E-state index in [2.05, 4.69) is 51.2 Å². The van der Waals surface area contributed by atoms with E-state index < -0.39 is 0 Å². The first-order valence-corrected chi connectivity index (χ1v) is 7.78. The van der Waals surface area contributed by atoms with Crippen molar-refractivity contribution in [3.8, 4) is 0 Å². The van der Waals surface area contributed by atoms with Crippen LogP contribution in [-0.4, -0.2) is 11.5 Å². The van der Waals surface area contributed by atoms with Gasteiger partial charge in [-0.1, -0.05) is 33.3 Å². The minimum atomic E-state index is 0.430. The molecule has 2 nitrogen and oxygen atoms in total. The molecule has 1 aliphatic carbocycles. The maximum absolute atomic E-state index is 4.75. The fourth-order valence-corrected chi connectivity index (χ4v) is 3.36. The van der Waals surface area contributed by atoms with Gasteiger partial charge >= 0.3 is 0 Å². The van der Waals surface area contributed by atoms with Gasteiger partial charge in [0, 0.05) is 5.69 Å². The molecule has 0 radical (unpaired) electrons. The first-order valence-electron chi connectivity index (χ1n) is 7.78. The van der Waals surface area contributed by atoms with Crippen LogP contribution in [0.15, 0.2) is 18.2 Å². The molecule has 2 heteroatoms. The minimum absolute atomic E-state index is 0.430. The molecule has 0 amide bonds. The maximum Gasteiger partial charge on any atom is 0.0579 e. The van der Waals surface area contributed by atoms with Gasteiger partial charge in [-0.25, -0.2) is 0 Å². The second-order valence-electron chi connectivity index (χ2n) is 6.27. The van der Waals surface area contributed by atoms with Gasteiger partial charge in [0.15, 0.2) is 0 Å². The monoisotopic (exact) mass is 260 g/mol. The van der Waals surface area contributed by atoms with Crippen molar-refractivity contribution in [2.24, 2.45) is 17.8 Å². The number of hydrogen-bond acceptors (Lipinski definition) is 2. The van der Waals surface area contributed by atoms with Crippen LogP contribution >= 0.6 is 0 Å². The Labute approximate surface area is 118 Å². The normalized spacial score (nSPS) is 29.2. The number of rotatable bonds is 4. The zero-order valence-electron chi connectivity index (χ0n) is 12.8. The molecule has 1 saturated carbocycles. The van der Waals surface area contributed by atoms with Crippen LogP contribution in [0.3, 0.4) is 0 Å². The SMILES string of the molecule is CCNC(c1cccc(C)n1)C1CCC(C)C(C)C1. The summed E-state index contributed by atoms with van der Waals surface area (Å²) in [5, 5.41) is 3.67. The number of aryl methyl sites for hydroxylation is 1. The number of pyridine rings is 1. The fourth-order valence-electron chi connectivity index (χ4n) is 3.36. The van der Waals surface area contributed by atoms with Gasteiger partial charge < -0.3 is 5.32 Å². The minimum Gasteiger partial charge on any atom is -0.309 e. The molecule has 106 valence electrons. The molecule has 1 N–H and O–H groups in total. The summed E-state index contributed by atoms with van der Waals surface area (Å²) in [6, 6.07) is 6.83. The molecule has 0 aromatic carbocycles. The summed E-state index contributed by atoms with van der Waals surface area (Å²) in [4.78, 5) is 4.75. The van der Waals surface area contributed by atoms with Gasteiger partial charge in [0.2, 0.25) is 0 Å². The van der Waals surface area contributed by atoms with Crippen LogP contribution in [0.1, 0.15) is 57.5 Å². The predicted molar refractivity (Wildman–Crippen MR) is 81.1 cm³/mol. The van der Waals surface area contributed by atoms with Gasteiger partial charge in [-0.3, -0.25) is 4.98 Å². The largest absolute Gasteiger partial charge is 0.309 e. The van der Waals surface area contributed by atoms with E-state index in [1.165, 1.54) is 25.0 Å². The van der Waals surface area contributed by atoms with E-state index in [9.17, 15) is 0 Å². The Kier molecular flexibility index (Phi) is 4.98. The average molecular weight is 260 g/mol. The van der Waals surface area contributed by atoms with Crippen LogP contribution in [0.25, 0.3) is 0 Å². The number of nitrogens with one attached hydrogen (secondary N) is 1. The van der Waals surface area contributed by atoms with Gasteiger partial charge in [0.25, 0.3) is 0 Å². The summed E-state index contributed by atoms with van der Waals surface area (Å²) in [6.45, 7) is 10.1. The smallest absolute Gasteiger partial charge is 0.0579 e. The first kappa shape index (κ1) is 14.5. The Bertz CT molecular complexity index is 402. The molecule has 1 fully saturated rings. The highest BCUT2D eigenvalue weighted by molar-refractivity contribution is 5.14. The van der Waals surface area contributed by atoms with Gasteiger partial charge in [-0.15, -0.1) is 0 Å². The van der Waals surface area contributed by atoms with E-state index in [-0.39, 0.29) is 0 Å². The molecule has 0 saturated heterocycles. The lowest BCUT2D eigenvalue weighted by molar-refractivity contribution is 0.170. The fraction of sp³-hybridized carbons (Fsp3) is 0.706. The van der Waals surface area contributed by atoms with E-state index >= 15 is 0 Å². The Morgan fingerprint density at radius 1 is 1.26 bits per heavy atom. The molecule has 19 heavy (non-hydrogen) atoms. The maximum atomic E-state index is 4.75. The van der Waals surface area contributed by atoms with E-state index in [0.29, 0.717) is 6.04 Å². The van der Waals surface area contributed by atoms with Crippen LogP contribution in [-0.2, 0) is 0 Å². The number of aromatic nitrogens is 1. The van der Waals surface area contributed by atoms with Crippen LogP contribution < -0.4 is 5.32 Å². The molecule has 1 heterocycles. The quantitative estimate of drug-likeness (QED) is 0.881. The molecule has 1 aromatic heterocycles. The van der Waals surface area contributed by atoms with Crippen molar-refractivity contribution in [1.29, 1.82) is 0 Å². The molecule has 0 bridgehead atoms. The van der Waals surface area contributed by atoms with Crippen LogP contribution in [0, 0.1) is 24.7 Å². The van der Waals surface area contributed by atoms with Crippen LogP contribution in [0.5, 0.6) is 0 Å². The summed E-state index contributed by atoms with van der Waals surface area (Å²) in [7, 11) is 0. The highest BCUT2D eigenvalue weighted by atomic mass is 14.9. The topological polar surface area (TPSA) is 24.9 Å². The summed E-state index contributed by atoms with van der Waals surface area (Å²) in [6.07, 6.45) is 4.02. The van der Waals surface area contributed by atoms with Crippen LogP contribution in [0.2, 0.25) is 0 Å². The number of nitrogens with zero attached hydrogens (tertiary/aromatic N) is 1. The van der Waals surface area contributed by atoms with Crippen molar-refractivity contribution in [1.82, 2.24) is 10.3 Å². The lowest BCUT2D eigenvalue weighted by Gasteiger charge is -2.37. The average Bonchev–Trinajstić information content (AvgIpc) is 2.39. The molecule has 2 rings (SSSR count). The standard InChI is InChI=1S/C17H28N2/c1-5-18-17(16-8-6-7-14(4)19-16)15-10-9-12(2)13(3)11-15/h6-8,12-13,15,17-18H,5,9-11H2,1-4H3. The third-order valence-electron chi connectivity index (χ3n) is 4.76. The summed E-state index contributed by atoms with van der Waals surface area (Å²) in [5.74, 6) is 2.45. The second kappa shape index (κ2) is 6.51. The summed E-state index contributed by atoms with van der Waals surface area (Å²) >= 11 is 0. The molecule has 4 atom stereocenters. The zero-order chi connectivity index (χ0) is 13.8. The third-order valence-corrected chi connectivity index (χ3v) is 4.76. The zero-order valence-corrected chi connectivity index (χ0v) is 12.8. The molecule has 1 aliphatic rings. The lowest BCUT2D eigenvalue weighted by Crippen LogP contribution is -2.33. The van der Waals surface area contributed by atoms with Crippen molar-refractivity contribution >= 4 is 0 Å². The molecular formula is C17H28N2. The second-order valence-corrected chi connectivity index (χ2v) is 6.27. The van der Waals surface area contributed by atoms with Gasteiger partial charge in [0.05, 0.1) is 11.7 Å². The highest BCUT2D eigenvalue weighted by Crippen LogP contribution is 2.39. The Hall–Kier alpha value is -0.890. The Morgan fingerprint density at radius 3 is 2.68 bits per heavy atom. The Morgan fingerprint density at radius 2 is 2.05 bits per heavy atom. The molecule has 1 aromatic rings. The van der Waals surface area contributed by atoms with Crippen molar-refractivity contribution in [2.75, 3.05) is 6.54 Å². The van der Waals surface area contributed by atoms with Crippen LogP contribution in [0.4, 0.5) is 0 Å². The van der Waals surface area contributed by atoms with Gasteiger partial charge in [-0.2, -0.15) is 0 Å². The predicted octanol–water partition coefficient (Wildman–Crippen LogP) is 4.11. The van der Waals surface area contributed by atoms with Crippen molar-refractivity contribution in [3.63, 3.8) is 0 Å². The van der Waals surface area contributed by atoms with Crippen molar-refractivity contribution < 1.29 is 0 Å². The lowest BCUT2D eigenvalue weighted by atomic mass is 9.72. The van der Waals surface area contributed by atoms with Gasteiger partial charge in [-0.05, 0) is 56.2 Å².